The molecule has 0 spiro atoms. The summed E-state index contributed by atoms with van der Waals surface area (Å²) in [5.41, 5.74) is 0. The quantitative estimate of drug-likeness (QED) is 0.344. The van der Waals surface area contributed by atoms with Gasteiger partial charge in [-0.2, -0.15) is 11.8 Å². The Morgan fingerprint density at radius 3 is 2.54 bits per heavy atom. The summed E-state index contributed by atoms with van der Waals surface area (Å²) in [6.45, 7) is 9.69. The van der Waals surface area contributed by atoms with Gasteiger partial charge in [-0.15, -0.1) is 0 Å². The highest BCUT2D eigenvalue weighted by Gasteiger charge is 2.23. The number of hydrogen-bond acceptors (Lipinski definition) is 4. The fraction of sp³-hybridized carbons (Fsp3) is 0.938. The van der Waals surface area contributed by atoms with Gasteiger partial charge in [0.15, 0.2) is 5.96 Å². The van der Waals surface area contributed by atoms with Gasteiger partial charge in [0.1, 0.15) is 0 Å². The summed E-state index contributed by atoms with van der Waals surface area (Å²) in [5.74, 6) is 3.36. The molecule has 1 heterocycles. The van der Waals surface area contributed by atoms with Crippen molar-refractivity contribution in [3.63, 3.8) is 0 Å². The first kappa shape index (κ1) is 21.6. The SMILES string of the molecule is CCNC(=NCCCCC(C)C)NCCS(=O)(=O)N1CCSCC1. The van der Waals surface area contributed by atoms with Crippen LogP contribution in [0.1, 0.15) is 40.0 Å². The molecule has 0 aromatic carbocycles. The minimum absolute atomic E-state index is 0.120. The van der Waals surface area contributed by atoms with Crippen molar-refractivity contribution in [1.29, 1.82) is 0 Å². The van der Waals surface area contributed by atoms with Crippen molar-refractivity contribution < 1.29 is 8.42 Å². The molecule has 0 aromatic rings. The van der Waals surface area contributed by atoms with Gasteiger partial charge in [0.25, 0.3) is 0 Å². The van der Waals surface area contributed by atoms with Gasteiger partial charge in [0, 0.05) is 44.2 Å². The van der Waals surface area contributed by atoms with Crippen molar-refractivity contribution >= 4 is 27.7 Å². The molecule has 0 aromatic heterocycles. The molecule has 2 N–H and O–H groups in total. The summed E-state index contributed by atoms with van der Waals surface area (Å²) in [4.78, 5) is 4.53. The van der Waals surface area contributed by atoms with E-state index >= 15 is 0 Å². The first-order chi connectivity index (χ1) is 11.5. The van der Waals surface area contributed by atoms with E-state index in [1.54, 1.807) is 4.31 Å². The summed E-state index contributed by atoms with van der Waals surface area (Å²) in [6.07, 6.45) is 3.48. The lowest BCUT2D eigenvalue weighted by Crippen LogP contribution is -2.44. The van der Waals surface area contributed by atoms with E-state index in [2.05, 4.69) is 29.5 Å². The number of aliphatic imine (C=N–C) groups is 1. The predicted octanol–water partition coefficient (Wildman–Crippen LogP) is 1.75. The molecular weight excluding hydrogens is 344 g/mol. The third-order valence-electron chi connectivity index (χ3n) is 3.82. The average molecular weight is 379 g/mol. The Kier molecular flexibility index (Phi) is 10.8. The van der Waals surface area contributed by atoms with Gasteiger partial charge in [0.2, 0.25) is 10.0 Å². The minimum atomic E-state index is -3.16. The zero-order valence-corrected chi connectivity index (χ0v) is 17.0. The highest BCUT2D eigenvalue weighted by molar-refractivity contribution is 7.99. The fourth-order valence-electron chi connectivity index (χ4n) is 2.45. The predicted molar refractivity (Wildman–Crippen MR) is 105 cm³/mol. The van der Waals surface area contributed by atoms with E-state index in [1.165, 1.54) is 12.8 Å². The Morgan fingerprint density at radius 2 is 1.92 bits per heavy atom. The maximum Gasteiger partial charge on any atom is 0.215 e. The molecule has 1 aliphatic heterocycles. The van der Waals surface area contributed by atoms with Crippen molar-refractivity contribution in [3.05, 3.63) is 0 Å². The van der Waals surface area contributed by atoms with Crippen molar-refractivity contribution in [2.75, 3.05) is 50.0 Å². The number of rotatable bonds is 10. The Balaban J connectivity index is 2.33. The second-order valence-electron chi connectivity index (χ2n) is 6.40. The van der Waals surface area contributed by atoms with Gasteiger partial charge >= 0.3 is 0 Å². The highest BCUT2D eigenvalue weighted by Crippen LogP contribution is 2.13. The zero-order chi connectivity index (χ0) is 17.8. The number of thioether (sulfide) groups is 1. The molecular formula is C16H34N4O2S2. The van der Waals surface area contributed by atoms with E-state index in [4.69, 9.17) is 0 Å². The van der Waals surface area contributed by atoms with Crippen LogP contribution < -0.4 is 10.6 Å². The second-order valence-corrected chi connectivity index (χ2v) is 9.72. The van der Waals surface area contributed by atoms with Crippen molar-refractivity contribution in [1.82, 2.24) is 14.9 Å². The maximum atomic E-state index is 12.3. The molecule has 0 aliphatic carbocycles. The Hall–Kier alpha value is -0.470. The normalized spacial score (nSPS) is 17.2. The van der Waals surface area contributed by atoms with Crippen LogP contribution in [0.25, 0.3) is 0 Å². The largest absolute Gasteiger partial charge is 0.357 e. The number of hydrogen-bond donors (Lipinski definition) is 2. The van der Waals surface area contributed by atoms with Crippen LogP contribution in [0.3, 0.4) is 0 Å². The third-order valence-corrected chi connectivity index (χ3v) is 6.63. The lowest BCUT2D eigenvalue weighted by molar-refractivity contribution is 0.443. The number of sulfonamides is 1. The number of nitrogens with zero attached hydrogens (tertiary/aromatic N) is 2. The molecule has 24 heavy (non-hydrogen) atoms. The molecule has 142 valence electrons. The Morgan fingerprint density at radius 1 is 1.21 bits per heavy atom. The number of guanidine groups is 1. The van der Waals surface area contributed by atoms with Crippen LogP contribution in [0, 0.1) is 5.92 Å². The smallest absolute Gasteiger partial charge is 0.215 e. The van der Waals surface area contributed by atoms with Crippen LogP contribution in [0.2, 0.25) is 0 Å². The molecule has 8 heteroatoms. The van der Waals surface area contributed by atoms with Gasteiger partial charge in [-0.3, -0.25) is 4.99 Å². The van der Waals surface area contributed by atoms with Crippen LogP contribution in [0.15, 0.2) is 4.99 Å². The van der Waals surface area contributed by atoms with Gasteiger partial charge in [-0.25, -0.2) is 12.7 Å². The summed E-state index contributed by atoms with van der Waals surface area (Å²) >= 11 is 1.81. The average Bonchev–Trinajstić information content (AvgIpc) is 2.55. The molecule has 0 unspecified atom stereocenters. The van der Waals surface area contributed by atoms with Gasteiger partial charge < -0.3 is 10.6 Å². The van der Waals surface area contributed by atoms with Crippen LogP contribution in [-0.2, 0) is 10.0 Å². The van der Waals surface area contributed by atoms with Crippen molar-refractivity contribution in [2.24, 2.45) is 10.9 Å². The van der Waals surface area contributed by atoms with Crippen LogP contribution in [0.4, 0.5) is 0 Å². The molecule has 0 bridgehead atoms. The van der Waals surface area contributed by atoms with Crippen LogP contribution in [0.5, 0.6) is 0 Å². The molecule has 1 rings (SSSR count). The molecule has 0 saturated carbocycles. The van der Waals surface area contributed by atoms with E-state index in [-0.39, 0.29) is 5.75 Å². The standard InChI is InChI=1S/C16H34N4O2S2/c1-4-17-16(18-8-6-5-7-15(2)3)19-9-14-24(21,22)20-10-12-23-13-11-20/h15H,4-14H2,1-3H3,(H2,17,18,19). The molecule has 0 radical (unpaired) electrons. The van der Waals surface area contributed by atoms with E-state index in [0.717, 1.165) is 36.9 Å². The topological polar surface area (TPSA) is 73.8 Å². The Labute approximate surface area is 152 Å². The van der Waals surface area contributed by atoms with E-state index < -0.39 is 10.0 Å². The molecule has 1 fully saturated rings. The van der Waals surface area contributed by atoms with Crippen LogP contribution >= 0.6 is 11.8 Å². The first-order valence-electron chi connectivity index (χ1n) is 9.03. The molecule has 1 aliphatic rings. The first-order valence-corrected chi connectivity index (χ1v) is 11.8. The number of nitrogens with one attached hydrogen (secondary N) is 2. The van der Waals surface area contributed by atoms with Crippen LogP contribution in [-0.4, -0.2) is 68.7 Å². The van der Waals surface area contributed by atoms with Gasteiger partial charge in [-0.1, -0.05) is 26.7 Å². The highest BCUT2D eigenvalue weighted by atomic mass is 32.2. The Bertz CT molecular complexity index is 461. The van der Waals surface area contributed by atoms with Gasteiger partial charge in [-0.05, 0) is 19.3 Å². The summed E-state index contributed by atoms with van der Waals surface area (Å²) < 4.78 is 26.2. The molecule has 1 saturated heterocycles. The zero-order valence-electron chi connectivity index (χ0n) is 15.4. The summed E-state index contributed by atoms with van der Waals surface area (Å²) in [6, 6.07) is 0. The maximum absolute atomic E-state index is 12.3. The van der Waals surface area contributed by atoms with E-state index in [1.807, 2.05) is 18.7 Å². The lowest BCUT2D eigenvalue weighted by atomic mass is 10.1. The van der Waals surface area contributed by atoms with E-state index in [0.29, 0.717) is 25.6 Å². The monoisotopic (exact) mass is 378 g/mol. The minimum Gasteiger partial charge on any atom is -0.357 e. The summed E-state index contributed by atoms with van der Waals surface area (Å²) in [7, 11) is -3.16. The fourth-order valence-corrected chi connectivity index (χ4v) is 4.94. The third kappa shape index (κ3) is 9.13. The molecule has 0 amide bonds. The molecule has 0 atom stereocenters. The summed E-state index contributed by atoms with van der Waals surface area (Å²) in [5, 5.41) is 6.32. The number of unbranched alkanes of at least 4 members (excludes halogenated alkanes) is 1. The molecule has 6 nitrogen and oxygen atoms in total. The van der Waals surface area contributed by atoms with Gasteiger partial charge in [0.05, 0.1) is 5.75 Å². The lowest BCUT2D eigenvalue weighted by Gasteiger charge is -2.25. The second kappa shape index (κ2) is 12.0. The van der Waals surface area contributed by atoms with Crippen molar-refractivity contribution in [3.8, 4) is 0 Å². The van der Waals surface area contributed by atoms with Crippen molar-refractivity contribution in [2.45, 2.75) is 40.0 Å². The van der Waals surface area contributed by atoms with E-state index in [9.17, 15) is 8.42 Å².